The number of fused-ring (bicyclic) bond motifs is 1. The minimum atomic E-state index is -0.536. The number of para-hydroxylation sites is 1. The second-order valence-electron chi connectivity index (χ2n) is 7.55. The molecule has 3 aromatic carbocycles. The summed E-state index contributed by atoms with van der Waals surface area (Å²) >= 11 is 1.43. The van der Waals surface area contributed by atoms with E-state index >= 15 is 0 Å². The predicted molar refractivity (Wildman–Crippen MR) is 121 cm³/mol. The highest BCUT2D eigenvalue weighted by molar-refractivity contribution is 8.01. The molecule has 0 fully saturated rings. The molecule has 0 saturated heterocycles. The van der Waals surface area contributed by atoms with E-state index < -0.39 is 11.2 Å². The van der Waals surface area contributed by atoms with Crippen molar-refractivity contribution in [3.05, 3.63) is 95.8 Å². The lowest BCUT2D eigenvalue weighted by atomic mass is 10.0. The average molecular weight is 435 g/mol. The lowest BCUT2D eigenvalue weighted by Crippen LogP contribution is -2.47. The van der Waals surface area contributed by atoms with Crippen molar-refractivity contribution in [1.29, 1.82) is 0 Å². The Balaban J connectivity index is 1.53. The summed E-state index contributed by atoms with van der Waals surface area (Å²) in [6, 6.07) is 23.5. The number of amides is 2. The van der Waals surface area contributed by atoms with Gasteiger partial charge in [-0.3, -0.25) is 9.59 Å². The average Bonchev–Trinajstić information content (AvgIpc) is 2.80. The molecular weight excluding hydrogens is 411 g/mol. The molecule has 0 radical (unpaired) electrons. The Morgan fingerprint density at radius 1 is 1.00 bits per heavy atom. The fourth-order valence-electron chi connectivity index (χ4n) is 3.57. The third-order valence-corrected chi connectivity index (χ3v) is 6.81. The molecule has 4 nitrogen and oxygen atoms in total. The molecule has 1 aliphatic rings. The molecule has 0 spiro atoms. The molecule has 0 unspecified atom stereocenters. The zero-order valence-corrected chi connectivity index (χ0v) is 17.9. The van der Waals surface area contributed by atoms with Crippen molar-refractivity contribution in [3.8, 4) is 0 Å². The van der Waals surface area contributed by atoms with Crippen molar-refractivity contribution in [1.82, 2.24) is 5.32 Å². The van der Waals surface area contributed by atoms with Crippen molar-refractivity contribution < 1.29 is 14.0 Å². The normalized spacial score (nSPS) is 16.5. The number of nitrogens with zero attached hydrogens (tertiary/aromatic N) is 1. The first-order valence-electron chi connectivity index (χ1n) is 10.2. The highest BCUT2D eigenvalue weighted by Crippen LogP contribution is 2.42. The number of hydrogen-bond acceptors (Lipinski definition) is 3. The Labute approximate surface area is 185 Å². The number of carbonyl (C=O) groups excluding carboxylic acids is 2. The standard InChI is InChI=1S/C25H23FN2O2S/c1-17(24(29)27-15-18-7-3-2-4-8-18)23-25(30)28(16-19-11-13-20(26)14-12-19)21-9-5-6-10-22(21)31-23/h2-14,17,23H,15-16H2,1H3,(H,27,29)/t17-,23-/m0/s1. The van der Waals surface area contributed by atoms with Gasteiger partial charge in [-0.1, -0.05) is 61.5 Å². The first kappa shape index (κ1) is 21.1. The number of anilines is 1. The molecule has 0 aliphatic carbocycles. The molecule has 3 aromatic rings. The number of nitrogens with one attached hydrogen (secondary N) is 1. The minimum Gasteiger partial charge on any atom is -0.352 e. The van der Waals surface area contributed by atoms with Gasteiger partial charge < -0.3 is 10.2 Å². The van der Waals surface area contributed by atoms with Crippen LogP contribution in [0.4, 0.5) is 10.1 Å². The largest absolute Gasteiger partial charge is 0.352 e. The SMILES string of the molecule is C[C@H](C(=O)NCc1ccccc1)[C@@H]1Sc2ccccc2N(Cc2ccc(F)cc2)C1=O. The Kier molecular flexibility index (Phi) is 6.37. The maximum atomic E-state index is 13.4. The second-order valence-corrected chi connectivity index (χ2v) is 8.73. The van der Waals surface area contributed by atoms with Crippen LogP contribution in [0.25, 0.3) is 0 Å². The Morgan fingerprint density at radius 3 is 2.42 bits per heavy atom. The summed E-state index contributed by atoms with van der Waals surface area (Å²) in [5, 5.41) is 2.41. The third-order valence-electron chi connectivity index (χ3n) is 5.35. The van der Waals surface area contributed by atoms with Gasteiger partial charge in [-0.25, -0.2) is 4.39 Å². The maximum Gasteiger partial charge on any atom is 0.241 e. The number of hydrogen-bond donors (Lipinski definition) is 1. The van der Waals surface area contributed by atoms with E-state index in [1.807, 2.05) is 54.6 Å². The van der Waals surface area contributed by atoms with Crippen molar-refractivity contribution in [3.63, 3.8) is 0 Å². The van der Waals surface area contributed by atoms with E-state index in [1.165, 1.54) is 23.9 Å². The van der Waals surface area contributed by atoms with Crippen LogP contribution in [0.3, 0.4) is 0 Å². The number of thioether (sulfide) groups is 1. The van der Waals surface area contributed by atoms with E-state index in [9.17, 15) is 14.0 Å². The van der Waals surface area contributed by atoms with E-state index in [4.69, 9.17) is 0 Å². The summed E-state index contributed by atoms with van der Waals surface area (Å²) in [7, 11) is 0. The fourth-order valence-corrected chi connectivity index (χ4v) is 4.86. The Bertz CT molecular complexity index is 1070. The van der Waals surface area contributed by atoms with E-state index in [1.54, 1.807) is 24.0 Å². The molecule has 2 amide bonds. The summed E-state index contributed by atoms with van der Waals surface area (Å²) in [6.07, 6.45) is 0. The molecule has 0 bridgehead atoms. The Morgan fingerprint density at radius 2 is 1.68 bits per heavy atom. The van der Waals surface area contributed by atoms with Crippen molar-refractivity contribution in [2.75, 3.05) is 4.90 Å². The maximum absolute atomic E-state index is 13.4. The lowest BCUT2D eigenvalue weighted by molar-refractivity contribution is -0.128. The van der Waals surface area contributed by atoms with Crippen LogP contribution < -0.4 is 10.2 Å². The van der Waals surface area contributed by atoms with Gasteiger partial charge in [0.1, 0.15) is 11.1 Å². The smallest absolute Gasteiger partial charge is 0.241 e. The van der Waals surface area contributed by atoms with Gasteiger partial charge in [0.2, 0.25) is 11.8 Å². The first-order chi connectivity index (χ1) is 15.0. The number of halogens is 1. The second kappa shape index (κ2) is 9.35. The van der Waals surface area contributed by atoms with E-state index in [2.05, 4.69) is 5.32 Å². The van der Waals surface area contributed by atoms with E-state index in [-0.39, 0.29) is 17.6 Å². The minimum absolute atomic E-state index is 0.115. The van der Waals surface area contributed by atoms with Gasteiger partial charge in [0, 0.05) is 11.4 Å². The van der Waals surface area contributed by atoms with Crippen LogP contribution in [0.2, 0.25) is 0 Å². The third kappa shape index (κ3) is 4.80. The molecule has 31 heavy (non-hydrogen) atoms. The summed E-state index contributed by atoms with van der Waals surface area (Å²) in [6.45, 7) is 2.54. The van der Waals surface area contributed by atoms with Crippen LogP contribution in [-0.4, -0.2) is 17.1 Å². The predicted octanol–water partition coefficient (Wildman–Crippen LogP) is 4.79. The molecule has 0 saturated carbocycles. The molecule has 158 valence electrons. The number of carbonyl (C=O) groups is 2. The van der Waals surface area contributed by atoms with Gasteiger partial charge in [0.25, 0.3) is 0 Å². The molecule has 1 aliphatic heterocycles. The molecule has 1 heterocycles. The van der Waals surface area contributed by atoms with Crippen LogP contribution in [-0.2, 0) is 22.7 Å². The summed E-state index contributed by atoms with van der Waals surface area (Å²) in [4.78, 5) is 28.9. The monoisotopic (exact) mass is 434 g/mol. The summed E-state index contributed by atoms with van der Waals surface area (Å²) in [5.41, 5.74) is 2.65. The zero-order chi connectivity index (χ0) is 21.8. The fraction of sp³-hybridized carbons (Fsp3) is 0.200. The van der Waals surface area contributed by atoms with Gasteiger partial charge in [-0.05, 0) is 35.4 Å². The molecule has 0 aromatic heterocycles. The molecular formula is C25H23FN2O2S. The van der Waals surface area contributed by atoms with Crippen LogP contribution >= 0.6 is 11.8 Å². The molecule has 6 heteroatoms. The summed E-state index contributed by atoms with van der Waals surface area (Å²) < 4.78 is 13.3. The number of benzene rings is 3. The molecule has 2 atom stereocenters. The van der Waals surface area contributed by atoms with Crippen LogP contribution in [0.1, 0.15) is 18.1 Å². The zero-order valence-electron chi connectivity index (χ0n) is 17.1. The highest BCUT2D eigenvalue weighted by Gasteiger charge is 2.39. The van der Waals surface area contributed by atoms with Crippen LogP contribution in [0.5, 0.6) is 0 Å². The van der Waals surface area contributed by atoms with E-state index in [0.717, 1.165) is 21.7 Å². The highest BCUT2D eigenvalue weighted by atomic mass is 32.2. The topological polar surface area (TPSA) is 49.4 Å². The number of rotatable bonds is 6. The lowest BCUT2D eigenvalue weighted by Gasteiger charge is -2.35. The van der Waals surface area contributed by atoms with Gasteiger partial charge in [-0.2, -0.15) is 0 Å². The van der Waals surface area contributed by atoms with Crippen molar-refractivity contribution in [2.24, 2.45) is 5.92 Å². The van der Waals surface area contributed by atoms with Crippen LogP contribution in [0.15, 0.2) is 83.8 Å². The molecule has 4 rings (SSSR count). The van der Waals surface area contributed by atoms with Crippen molar-refractivity contribution >= 4 is 29.3 Å². The van der Waals surface area contributed by atoms with Crippen molar-refractivity contribution in [2.45, 2.75) is 30.2 Å². The van der Waals surface area contributed by atoms with Gasteiger partial charge in [-0.15, -0.1) is 11.8 Å². The summed E-state index contributed by atoms with van der Waals surface area (Å²) in [5.74, 6) is -1.09. The molecule has 1 N–H and O–H groups in total. The Hall–Kier alpha value is -3.12. The van der Waals surface area contributed by atoms with Crippen LogP contribution in [0, 0.1) is 11.7 Å². The quantitative estimate of drug-likeness (QED) is 0.607. The first-order valence-corrected chi connectivity index (χ1v) is 11.0. The van der Waals surface area contributed by atoms with E-state index in [0.29, 0.717) is 13.1 Å². The van der Waals surface area contributed by atoms with Gasteiger partial charge >= 0.3 is 0 Å². The van der Waals surface area contributed by atoms with Gasteiger partial charge in [0.15, 0.2) is 0 Å². The van der Waals surface area contributed by atoms with Gasteiger partial charge in [0.05, 0.1) is 18.2 Å².